The molecule has 10 atom stereocenters. The predicted octanol–water partition coefficient (Wildman–Crippen LogP) is 6.59. The number of hydrogen-bond donors (Lipinski definition) is 4. The normalized spacial score (nSPS) is 43.5. The van der Waals surface area contributed by atoms with Crippen LogP contribution in [0.4, 0.5) is 8.78 Å². The average molecular weight is 555 g/mol. The fourth-order valence-corrected chi connectivity index (χ4v) is 10.1. The smallest absolute Gasteiger partial charge is 0.101 e. The molecule has 0 aromatic carbocycles. The molecule has 39 heavy (non-hydrogen) atoms. The fraction of sp³-hybridized carbons (Fsp3) is 1.00. The second-order valence-corrected chi connectivity index (χ2v) is 14.4. The molecule has 4 saturated carbocycles. The van der Waals surface area contributed by atoms with Gasteiger partial charge in [-0.3, -0.25) is 0 Å². The van der Waals surface area contributed by atoms with Gasteiger partial charge < -0.3 is 22.9 Å². The highest BCUT2D eigenvalue weighted by Gasteiger charge is 2.44. The highest BCUT2D eigenvalue weighted by molar-refractivity contribution is 4.94. The summed E-state index contributed by atoms with van der Waals surface area (Å²) < 4.78 is 30.7. The number of alkyl halides is 2. The van der Waals surface area contributed by atoms with Gasteiger partial charge in [0, 0.05) is 0 Å². The summed E-state index contributed by atoms with van der Waals surface area (Å²) in [5, 5.41) is 0. The molecule has 4 fully saturated rings. The first-order chi connectivity index (χ1) is 18.4. The summed E-state index contributed by atoms with van der Waals surface area (Å²) in [6.45, 7) is 2.97. The first-order valence-electron chi connectivity index (χ1n) is 16.5. The molecule has 0 aromatic heterocycles. The van der Waals surface area contributed by atoms with E-state index in [-0.39, 0.29) is 7.43 Å². The molecule has 0 radical (unpaired) electrons. The van der Waals surface area contributed by atoms with Crippen LogP contribution in [0.3, 0.4) is 0 Å². The third kappa shape index (κ3) is 9.35. The van der Waals surface area contributed by atoms with Gasteiger partial charge in [0.25, 0.3) is 0 Å². The van der Waals surface area contributed by atoms with Crippen molar-refractivity contribution in [2.75, 3.05) is 26.2 Å². The monoisotopic (exact) mass is 555 g/mol. The van der Waals surface area contributed by atoms with Crippen molar-refractivity contribution in [1.29, 1.82) is 0 Å². The molecule has 0 saturated heterocycles. The average Bonchev–Trinajstić information content (AvgIpc) is 2.88. The molecule has 0 spiro atoms. The Hall–Kier alpha value is -0.300. The van der Waals surface area contributed by atoms with Crippen LogP contribution in [0.1, 0.15) is 110 Å². The Labute approximate surface area is 239 Å². The van der Waals surface area contributed by atoms with E-state index >= 15 is 8.78 Å². The van der Waals surface area contributed by atoms with Crippen molar-refractivity contribution in [3.8, 4) is 0 Å². The van der Waals surface area contributed by atoms with Gasteiger partial charge in [0.2, 0.25) is 0 Å². The van der Waals surface area contributed by atoms with Crippen LogP contribution in [0.5, 0.6) is 0 Å². The standard InChI is InChI=1S/C32H60F2N4.CH4/c33-31-17-27(25-11-21(1-5-35)9-22(12-25)2-6-36)15-29(19-31)30-16-28(18-32(34)20-30)26-13-23(3-7-37)10-24(14-26)4-8-38;/h21-32H,1-20,35-38H2;1H4. The summed E-state index contributed by atoms with van der Waals surface area (Å²) in [7, 11) is 0. The molecule has 10 unspecified atom stereocenters. The zero-order chi connectivity index (χ0) is 27.1. The Morgan fingerprint density at radius 3 is 0.821 bits per heavy atom. The van der Waals surface area contributed by atoms with Crippen LogP contribution in [-0.4, -0.2) is 38.5 Å². The molecule has 8 N–H and O–H groups in total. The zero-order valence-corrected chi connectivity index (χ0v) is 24.1. The maximum Gasteiger partial charge on any atom is 0.101 e. The van der Waals surface area contributed by atoms with Crippen LogP contribution >= 0.6 is 0 Å². The van der Waals surface area contributed by atoms with E-state index in [1.807, 2.05) is 0 Å². The number of halogens is 2. The molecule has 6 heteroatoms. The molecule has 4 nitrogen and oxygen atoms in total. The lowest BCUT2D eigenvalue weighted by Gasteiger charge is -2.47. The molecule has 0 aliphatic heterocycles. The van der Waals surface area contributed by atoms with Crippen molar-refractivity contribution in [3.05, 3.63) is 0 Å². The first kappa shape index (κ1) is 33.2. The molecule has 0 bridgehead atoms. The maximum atomic E-state index is 15.3. The summed E-state index contributed by atoms with van der Waals surface area (Å²) >= 11 is 0. The van der Waals surface area contributed by atoms with Crippen LogP contribution in [0, 0.1) is 59.2 Å². The number of hydrogen-bond acceptors (Lipinski definition) is 4. The minimum absolute atomic E-state index is 0. The van der Waals surface area contributed by atoms with Gasteiger partial charge in [0.1, 0.15) is 12.3 Å². The van der Waals surface area contributed by atoms with Crippen LogP contribution in [0.15, 0.2) is 0 Å². The molecule has 4 aliphatic carbocycles. The molecular formula is C33H64F2N4. The predicted molar refractivity (Wildman–Crippen MR) is 162 cm³/mol. The SMILES string of the molecule is C.NCCC1CC(CCN)CC(C2CC(F)CC(C3CC(F)CC(C4CC(CCN)CC(CCN)C4)C3)C2)C1. The van der Waals surface area contributed by atoms with Gasteiger partial charge >= 0.3 is 0 Å². The highest BCUT2D eigenvalue weighted by Crippen LogP contribution is 2.52. The van der Waals surface area contributed by atoms with Gasteiger partial charge in [-0.1, -0.05) is 7.43 Å². The van der Waals surface area contributed by atoms with E-state index < -0.39 is 12.3 Å². The Bertz CT molecular complexity index is 596. The van der Waals surface area contributed by atoms with Crippen molar-refractivity contribution >= 4 is 0 Å². The molecule has 4 rings (SSSR count). The Morgan fingerprint density at radius 1 is 0.359 bits per heavy atom. The summed E-state index contributed by atoms with van der Waals surface area (Å²) in [5.41, 5.74) is 23.8. The molecule has 0 heterocycles. The van der Waals surface area contributed by atoms with Crippen LogP contribution < -0.4 is 22.9 Å². The van der Waals surface area contributed by atoms with Crippen LogP contribution in [-0.2, 0) is 0 Å². The van der Waals surface area contributed by atoms with Gasteiger partial charge in [-0.15, -0.1) is 0 Å². The molecule has 0 amide bonds. The lowest BCUT2D eigenvalue weighted by Crippen LogP contribution is -2.40. The minimum atomic E-state index is -0.724. The van der Waals surface area contributed by atoms with E-state index in [9.17, 15) is 0 Å². The quantitative estimate of drug-likeness (QED) is 0.231. The van der Waals surface area contributed by atoms with Crippen molar-refractivity contribution < 1.29 is 8.78 Å². The summed E-state index contributed by atoms with van der Waals surface area (Å²) in [6.07, 6.45) is 15.1. The maximum absolute atomic E-state index is 15.3. The zero-order valence-electron chi connectivity index (χ0n) is 24.1. The molecule has 0 aromatic rings. The van der Waals surface area contributed by atoms with E-state index in [4.69, 9.17) is 22.9 Å². The third-order valence-electron chi connectivity index (χ3n) is 11.6. The first-order valence-corrected chi connectivity index (χ1v) is 16.5. The minimum Gasteiger partial charge on any atom is -0.330 e. The van der Waals surface area contributed by atoms with Crippen LogP contribution in [0.25, 0.3) is 0 Å². The van der Waals surface area contributed by atoms with E-state index in [1.165, 1.54) is 38.5 Å². The largest absolute Gasteiger partial charge is 0.330 e. The number of nitrogens with two attached hydrogens (primary N) is 4. The van der Waals surface area contributed by atoms with E-state index in [1.54, 1.807) is 0 Å². The van der Waals surface area contributed by atoms with E-state index in [0.29, 0.717) is 84.9 Å². The second kappa shape index (κ2) is 16.4. The van der Waals surface area contributed by atoms with E-state index in [0.717, 1.165) is 64.7 Å². The lowest BCUT2D eigenvalue weighted by atomic mass is 9.59. The third-order valence-corrected chi connectivity index (χ3v) is 11.6. The van der Waals surface area contributed by atoms with Gasteiger partial charge in [-0.05, 0) is 188 Å². The van der Waals surface area contributed by atoms with Gasteiger partial charge in [-0.25, -0.2) is 8.78 Å². The molecular weight excluding hydrogens is 490 g/mol. The van der Waals surface area contributed by atoms with Gasteiger partial charge in [0.15, 0.2) is 0 Å². The Balaban J connectivity index is 0.00000420. The van der Waals surface area contributed by atoms with Crippen molar-refractivity contribution in [1.82, 2.24) is 0 Å². The Morgan fingerprint density at radius 2 is 0.590 bits per heavy atom. The lowest BCUT2D eigenvalue weighted by molar-refractivity contribution is 0.00269. The van der Waals surface area contributed by atoms with Crippen molar-refractivity contribution in [2.24, 2.45) is 82.1 Å². The highest BCUT2D eigenvalue weighted by atomic mass is 19.1. The van der Waals surface area contributed by atoms with E-state index in [2.05, 4.69) is 0 Å². The Kier molecular flexibility index (Phi) is 13.9. The van der Waals surface area contributed by atoms with Crippen LogP contribution in [0.2, 0.25) is 0 Å². The van der Waals surface area contributed by atoms with Gasteiger partial charge in [0.05, 0.1) is 0 Å². The second-order valence-electron chi connectivity index (χ2n) is 14.4. The summed E-state index contributed by atoms with van der Waals surface area (Å²) in [6, 6.07) is 0. The topological polar surface area (TPSA) is 104 Å². The fourth-order valence-electron chi connectivity index (χ4n) is 10.1. The number of rotatable bonds is 11. The molecule has 4 aliphatic rings. The van der Waals surface area contributed by atoms with Crippen molar-refractivity contribution in [2.45, 2.75) is 123 Å². The molecule has 230 valence electrons. The van der Waals surface area contributed by atoms with Gasteiger partial charge in [-0.2, -0.15) is 0 Å². The van der Waals surface area contributed by atoms with Crippen molar-refractivity contribution in [3.63, 3.8) is 0 Å². The summed E-state index contributed by atoms with van der Waals surface area (Å²) in [5.74, 6) is 5.41. The summed E-state index contributed by atoms with van der Waals surface area (Å²) in [4.78, 5) is 0.